The minimum atomic E-state index is -4.02. The van der Waals surface area contributed by atoms with Crippen LogP contribution in [-0.4, -0.2) is 50.5 Å². The van der Waals surface area contributed by atoms with E-state index in [1.807, 2.05) is 74.5 Å². The van der Waals surface area contributed by atoms with E-state index in [-0.39, 0.29) is 30.5 Å². The van der Waals surface area contributed by atoms with Crippen LogP contribution in [0.15, 0.2) is 84.9 Å². The first-order valence-corrected chi connectivity index (χ1v) is 14.3. The summed E-state index contributed by atoms with van der Waals surface area (Å²) in [5, 5.41) is 2.92. The summed E-state index contributed by atoms with van der Waals surface area (Å²) in [6.45, 7) is 3.77. The van der Waals surface area contributed by atoms with Crippen molar-refractivity contribution in [3.63, 3.8) is 0 Å². The minimum absolute atomic E-state index is 0.0706. The summed E-state index contributed by atoms with van der Waals surface area (Å²) >= 11 is 0. The van der Waals surface area contributed by atoms with Crippen LogP contribution in [0.1, 0.15) is 25.0 Å². The lowest BCUT2D eigenvalue weighted by Crippen LogP contribution is -2.53. The van der Waals surface area contributed by atoms with E-state index < -0.39 is 34.3 Å². The number of carbonyl (C=O) groups is 2. The number of sulfonamides is 1. The quantitative estimate of drug-likeness (QED) is 0.377. The van der Waals surface area contributed by atoms with Gasteiger partial charge in [-0.25, -0.2) is 12.8 Å². The maximum atomic E-state index is 14.6. The van der Waals surface area contributed by atoms with E-state index in [1.54, 1.807) is 0 Å². The molecule has 0 saturated carbocycles. The number of carbonyl (C=O) groups excluding carboxylic acids is 2. The Morgan fingerprint density at radius 1 is 0.868 bits per heavy atom. The van der Waals surface area contributed by atoms with Crippen molar-refractivity contribution < 1.29 is 22.4 Å². The van der Waals surface area contributed by atoms with E-state index in [9.17, 15) is 22.4 Å². The third-order valence-electron chi connectivity index (χ3n) is 5.95. The van der Waals surface area contributed by atoms with Gasteiger partial charge in [0.1, 0.15) is 18.4 Å². The van der Waals surface area contributed by atoms with Gasteiger partial charge >= 0.3 is 0 Å². The highest BCUT2D eigenvalue weighted by molar-refractivity contribution is 7.92. The van der Waals surface area contributed by atoms with Crippen LogP contribution >= 0.6 is 0 Å². The molecule has 38 heavy (non-hydrogen) atoms. The molecule has 0 radical (unpaired) electrons. The summed E-state index contributed by atoms with van der Waals surface area (Å²) in [6.07, 6.45) is 1.15. The summed E-state index contributed by atoms with van der Waals surface area (Å²) < 4.78 is 40.7. The molecule has 1 N–H and O–H groups in total. The molecule has 0 bridgehead atoms. The number of amides is 2. The largest absolute Gasteiger partial charge is 0.354 e. The number of rotatable bonds is 12. The number of hydrogen-bond acceptors (Lipinski definition) is 4. The lowest BCUT2D eigenvalue weighted by Gasteiger charge is -2.33. The van der Waals surface area contributed by atoms with E-state index in [0.717, 1.165) is 27.8 Å². The third kappa shape index (κ3) is 8.14. The molecule has 2 amide bonds. The van der Waals surface area contributed by atoms with Crippen LogP contribution in [0.4, 0.5) is 10.1 Å². The molecule has 7 nitrogen and oxygen atoms in total. The first-order valence-electron chi connectivity index (χ1n) is 12.4. The van der Waals surface area contributed by atoms with Crippen LogP contribution in [-0.2, 0) is 32.6 Å². The van der Waals surface area contributed by atoms with Gasteiger partial charge in [-0.3, -0.25) is 13.9 Å². The average molecular weight is 540 g/mol. The number of nitrogens with zero attached hydrogens (tertiary/aromatic N) is 2. The zero-order valence-electron chi connectivity index (χ0n) is 21.9. The van der Waals surface area contributed by atoms with Gasteiger partial charge < -0.3 is 10.2 Å². The SMILES string of the molecule is CC(C)CNC(=O)C(Cc1ccccc1)N(Cc1ccccc1)C(=O)CN(c1ccccc1F)S(C)(=O)=O. The lowest BCUT2D eigenvalue weighted by atomic mass is 10.0. The van der Waals surface area contributed by atoms with Crippen molar-refractivity contribution in [2.45, 2.75) is 32.9 Å². The predicted octanol–water partition coefficient (Wildman–Crippen LogP) is 4.00. The molecule has 0 heterocycles. The molecule has 3 aromatic carbocycles. The van der Waals surface area contributed by atoms with Crippen LogP contribution in [0.2, 0.25) is 0 Å². The Morgan fingerprint density at radius 3 is 1.97 bits per heavy atom. The van der Waals surface area contributed by atoms with Crippen molar-refractivity contribution in [3.8, 4) is 0 Å². The van der Waals surface area contributed by atoms with Crippen LogP contribution < -0.4 is 9.62 Å². The van der Waals surface area contributed by atoms with Gasteiger partial charge in [-0.05, 0) is 29.2 Å². The number of anilines is 1. The molecule has 1 atom stereocenters. The van der Waals surface area contributed by atoms with Crippen molar-refractivity contribution >= 4 is 27.5 Å². The molecule has 0 aromatic heterocycles. The molecular weight excluding hydrogens is 505 g/mol. The van der Waals surface area contributed by atoms with Crippen molar-refractivity contribution in [1.82, 2.24) is 10.2 Å². The maximum absolute atomic E-state index is 14.6. The topological polar surface area (TPSA) is 86.8 Å². The van der Waals surface area contributed by atoms with Crippen LogP contribution in [0.25, 0.3) is 0 Å². The van der Waals surface area contributed by atoms with Crippen molar-refractivity contribution in [2.24, 2.45) is 5.92 Å². The normalized spacial score (nSPS) is 12.1. The van der Waals surface area contributed by atoms with Crippen molar-refractivity contribution in [3.05, 3.63) is 102 Å². The third-order valence-corrected chi connectivity index (χ3v) is 7.08. The number of para-hydroxylation sites is 1. The summed E-state index contributed by atoms with van der Waals surface area (Å²) in [7, 11) is -4.02. The molecule has 0 aliphatic carbocycles. The fourth-order valence-corrected chi connectivity index (χ4v) is 4.86. The highest BCUT2D eigenvalue weighted by Gasteiger charge is 2.33. The Hall–Kier alpha value is -3.72. The molecule has 0 fully saturated rings. The second kappa shape index (κ2) is 13.2. The Kier molecular flexibility index (Phi) is 10.0. The smallest absolute Gasteiger partial charge is 0.244 e. The second-order valence-corrected chi connectivity index (χ2v) is 11.5. The fourth-order valence-electron chi connectivity index (χ4n) is 4.01. The maximum Gasteiger partial charge on any atom is 0.244 e. The van der Waals surface area contributed by atoms with E-state index in [1.165, 1.54) is 23.1 Å². The molecule has 3 rings (SSSR count). The molecule has 1 unspecified atom stereocenters. The molecule has 9 heteroatoms. The van der Waals surface area contributed by atoms with E-state index in [0.29, 0.717) is 6.54 Å². The van der Waals surface area contributed by atoms with E-state index >= 15 is 0 Å². The Labute approximate surface area is 224 Å². The van der Waals surface area contributed by atoms with Gasteiger partial charge in [0, 0.05) is 19.5 Å². The highest BCUT2D eigenvalue weighted by Crippen LogP contribution is 2.23. The molecule has 0 aliphatic rings. The molecule has 0 saturated heterocycles. The van der Waals surface area contributed by atoms with Gasteiger partial charge in [0.15, 0.2) is 0 Å². The Balaban J connectivity index is 2.03. The second-order valence-electron chi connectivity index (χ2n) is 9.57. The number of benzene rings is 3. The Bertz CT molecular complexity index is 1320. The van der Waals surface area contributed by atoms with Gasteiger partial charge in [0.2, 0.25) is 21.8 Å². The minimum Gasteiger partial charge on any atom is -0.354 e. The van der Waals surface area contributed by atoms with Crippen molar-refractivity contribution in [2.75, 3.05) is 23.7 Å². The monoisotopic (exact) mass is 539 g/mol. The van der Waals surface area contributed by atoms with Crippen LogP contribution in [0.3, 0.4) is 0 Å². The molecule has 3 aromatic rings. The molecular formula is C29H34FN3O4S. The first kappa shape index (κ1) is 28.8. The van der Waals surface area contributed by atoms with Gasteiger partial charge in [-0.15, -0.1) is 0 Å². The summed E-state index contributed by atoms with van der Waals surface area (Å²) in [5.41, 5.74) is 1.39. The van der Waals surface area contributed by atoms with Gasteiger partial charge in [0.05, 0.1) is 11.9 Å². The Morgan fingerprint density at radius 2 is 1.42 bits per heavy atom. The van der Waals surface area contributed by atoms with E-state index in [4.69, 9.17) is 0 Å². The number of hydrogen-bond donors (Lipinski definition) is 1. The average Bonchev–Trinajstić information content (AvgIpc) is 2.89. The van der Waals surface area contributed by atoms with Gasteiger partial charge in [-0.2, -0.15) is 0 Å². The lowest BCUT2D eigenvalue weighted by molar-refractivity contribution is -0.140. The van der Waals surface area contributed by atoms with Crippen LogP contribution in [0, 0.1) is 11.7 Å². The zero-order valence-corrected chi connectivity index (χ0v) is 22.7. The predicted molar refractivity (Wildman–Crippen MR) is 147 cm³/mol. The molecule has 202 valence electrons. The first-order chi connectivity index (χ1) is 18.1. The number of halogens is 1. The summed E-state index contributed by atoms with van der Waals surface area (Å²) in [5.74, 6) is -1.54. The van der Waals surface area contributed by atoms with Crippen LogP contribution in [0.5, 0.6) is 0 Å². The molecule has 0 aliphatic heterocycles. The zero-order chi connectivity index (χ0) is 27.7. The number of nitrogens with one attached hydrogen (secondary N) is 1. The fraction of sp³-hybridized carbons (Fsp3) is 0.310. The van der Waals surface area contributed by atoms with Crippen molar-refractivity contribution in [1.29, 1.82) is 0 Å². The standard InChI is InChI=1S/C29H34FN3O4S/c1-22(2)19-31-29(35)27(18-23-12-6-4-7-13-23)32(20-24-14-8-5-9-15-24)28(34)21-33(38(3,36)37)26-17-11-10-16-25(26)30/h4-17,22,27H,18-21H2,1-3H3,(H,31,35). The summed E-state index contributed by atoms with van der Waals surface area (Å²) in [4.78, 5) is 28.8. The van der Waals surface area contributed by atoms with E-state index in [2.05, 4.69) is 5.32 Å². The highest BCUT2D eigenvalue weighted by atomic mass is 32.2. The van der Waals surface area contributed by atoms with Gasteiger partial charge in [-0.1, -0.05) is 86.6 Å². The van der Waals surface area contributed by atoms with Gasteiger partial charge in [0.25, 0.3) is 0 Å². The molecule has 0 spiro atoms. The summed E-state index contributed by atoms with van der Waals surface area (Å²) in [6, 6.07) is 22.9.